The van der Waals surface area contributed by atoms with Crippen LogP contribution in [0.1, 0.15) is 35.5 Å². The molecule has 3 aromatic rings. The van der Waals surface area contributed by atoms with Gasteiger partial charge in [0, 0.05) is 61.3 Å². The van der Waals surface area contributed by atoms with E-state index < -0.39 is 0 Å². The van der Waals surface area contributed by atoms with Crippen LogP contribution in [-0.2, 0) is 4.74 Å². The third-order valence-corrected chi connectivity index (χ3v) is 7.65. The molecule has 0 spiro atoms. The number of quaternary nitrogens is 1. The molecule has 6 N–H and O–H groups in total. The van der Waals surface area contributed by atoms with Gasteiger partial charge < -0.3 is 20.7 Å². The highest BCUT2D eigenvalue weighted by atomic mass is 32.1. The summed E-state index contributed by atoms with van der Waals surface area (Å²) in [6.07, 6.45) is 2.35. The van der Waals surface area contributed by atoms with E-state index in [1.807, 2.05) is 12.1 Å². The van der Waals surface area contributed by atoms with E-state index in [-0.39, 0.29) is 19.0 Å². The first kappa shape index (κ1) is 26.1. The Bertz CT molecular complexity index is 1150. The summed E-state index contributed by atoms with van der Waals surface area (Å²) in [6.45, 7) is 5.91. The summed E-state index contributed by atoms with van der Waals surface area (Å²) in [4.78, 5) is 22.6. The van der Waals surface area contributed by atoms with Crippen molar-refractivity contribution < 1.29 is 20.2 Å². The lowest BCUT2D eigenvalue weighted by molar-refractivity contribution is -0.825. The summed E-state index contributed by atoms with van der Waals surface area (Å²) in [5, 5.41) is 13.0. The van der Waals surface area contributed by atoms with Gasteiger partial charge in [-0.25, -0.2) is 10.2 Å². The molecule has 2 aromatic carbocycles. The van der Waals surface area contributed by atoms with Crippen molar-refractivity contribution in [2.45, 2.75) is 26.3 Å². The molecule has 0 radical (unpaired) electrons. The summed E-state index contributed by atoms with van der Waals surface area (Å²) in [6, 6.07) is 15.7. The molecule has 9 nitrogen and oxygen atoms in total. The number of rotatable bonds is 7. The molecule has 2 saturated heterocycles. The van der Waals surface area contributed by atoms with Crippen LogP contribution in [0, 0.1) is 0 Å². The maximum absolute atomic E-state index is 12.9. The van der Waals surface area contributed by atoms with E-state index >= 15 is 0 Å². The Morgan fingerprint density at radius 2 is 1.83 bits per heavy atom. The Kier molecular flexibility index (Phi) is 8.55. The van der Waals surface area contributed by atoms with Gasteiger partial charge in [-0.05, 0) is 37.1 Å². The molecule has 5 rings (SSSR count). The number of nitrogens with one attached hydrogen (secondary N) is 1. The summed E-state index contributed by atoms with van der Waals surface area (Å²) < 4.78 is 5.49. The highest BCUT2D eigenvalue weighted by Crippen LogP contribution is 2.31. The van der Waals surface area contributed by atoms with Gasteiger partial charge in [-0.1, -0.05) is 30.9 Å². The van der Waals surface area contributed by atoms with E-state index in [4.69, 9.17) is 10.5 Å². The van der Waals surface area contributed by atoms with Crippen LogP contribution in [0.2, 0.25) is 0 Å². The maximum atomic E-state index is 12.9. The predicted molar refractivity (Wildman–Crippen MR) is 144 cm³/mol. The lowest BCUT2D eigenvalue weighted by atomic mass is 10.0. The van der Waals surface area contributed by atoms with Crippen LogP contribution < -0.4 is 21.4 Å². The lowest BCUT2D eigenvalue weighted by Crippen LogP contribution is -2.73. The van der Waals surface area contributed by atoms with Gasteiger partial charge >= 0.3 is 0 Å². The smallest absolute Gasteiger partial charge is 0.207 e. The molecule has 1 aromatic heterocycles. The van der Waals surface area contributed by atoms with E-state index in [9.17, 15) is 10.0 Å². The van der Waals surface area contributed by atoms with Crippen molar-refractivity contribution >= 4 is 45.1 Å². The molecule has 2 aliphatic heterocycles. The van der Waals surface area contributed by atoms with Crippen molar-refractivity contribution in [1.29, 1.82) is 0 Å². The highest BCUT2D eigenvalue weighted by Gasteiger charge is 2.26. The number of nitrogens with two attached hydrogens (primary N) is 2. The fourth-order valence-corrected chi connectivity index (χ4v) is 5.62. The second-order valence-corrected chi connectivity index (χ2v) is 9.85. The number of ketones is 1. The number of hydrogen-bond donors (Lipinski definition) is 4. The van der Waals surface area contributed by atoms with Gasteiger partial charge in [-0.2, -0.15) is 5.48 Å². The van der Waals surface area contributed by atoms with Gasteiger partial charge in [-0.3, -0.25) is 9.69 Å². The second kappa shape index (κ2) is 11.8. The normalized spacial score (nSPS) is 17.0. The first-order valence-electron chi connectivity index (χ1n) is 11.9. The molecule has 0 bridgehead atoms. The summed E-state index contributed by atoms with van der Waals surface area (Å²) in [5.41, 5.74) is 10.1. The average Bonchev–Trinajstić information content (AvgIpc) is 3.29. The number of morpholine rings is 1. The quantitative estimate of drug-likeness (QED) is 0.217. The predicted octanol–water partition coefficient (Wildman–Crippen LogP) is 3.22. The Labute approximate surface area is 215 Å². The van der Waals surface area contributed by atoms with E-state index in [0.717, 1.165) is 50.6 Å². The Morgan fingerprint density at radius 1 is 1.11 bits per heavy atom. The van der Waals surface area contributed by atoms with Gasteiger partial charge in [0.1, 0.15) is 10.7 Å². The van der Waals surface area contributed by atoms with Crippen molar-refractivity contribution in [2.24, 2.45) is 0 Å². The van der Waals surface area contributed by atoms with E-state index in [1.54, 1.807) is 24.3 Å². The number of nitrogen functional groups attached to an aromatic ring is 1. The largest absolute Gasteiger partial charge is 0.382 e. The maximum Gasteiger partial charge on any atom is 0.207 e. The van der Waals surface area contributed by atoms with Crippen LogP contribution in [0.5, 0.6) is 0 Å². The van der Waals surface area contributed by atoms with Crippen LogP contribution in [-0.4, -0.2) is 66.3 Å². The van der Waals surface area contributed by atoms with Gasteiger partial charge in [0.25, 0.3) is 0 Å². The van der Waals surface area contributed by atoms with Gasteiger partial charge in [-0.15, -0.1) is 0 Å². The minimum Gasteiger partial charge on any atom is -0.382 e. The number of piperidine rings is 1. The second-order valence-electron chi connectivity index (χ2n) is 8.86. The van der Waals surface area contributed by atoms with Gasteiger partial charge in [0.15, 0.2) is 10.8 Å². The lowest BCUT2D eigenvalue weighted by Gasteiger charge is -2.40. The SMILES string of the molecule is C.Nc1nc(Nc2ccc(N3CCC(N4CCOCC4)CC3)cc2)sc1C(=O)c1cccc([NH2+]O)c1. The number of hydrogen-bond acceptors (Lipinski definition) is 9. The average molecular weight is 512 g/mol. The van der Waals surface area contributed by atoms with Gasteiger partial charge in [0.2, 0.25) is 5.78 Å². The minimum absolute atomic E-state index is 0. The fraction of sp³-hybridized carbons (Fsp3) is 0.385. The minimum atomic E-state index is -0.215. The summed E-state index contributed by atoms with van der Waals surface area (Å²) >= 11 is 1.22. The number of nitrogens with zero attached hydrogens (tertiary/aromatic N) is 3. The molecular formula is C26H35N6O3S+. The van der Waals surface area contributed by atoms with Gasteiger partial charge in [0.05, 0.1) is 13.2 Å². The number of anilines is 4. The highest BCUT2D eigenvalue weighted by molar-refractivity contribution is 7.18. The van der Waals surface area contributed by atoms with Crippen LogP contribution in [0.4, 0.5) is 28.0 Å². The molecule has 192 valence electrons. The number of carbonyl (C=O) groups excluding carboxylic acids is 1. The molecule has 0 atom stereocenters. The van der Waals surface area contributed by atoms with E-state index in [2.05, 4.69) is 32.2 Å². The van der Waals surface area contributed by atoms with E-state index in [0.29, 0.717) is 27.3 Å². The van der Waals surface area contributed by atoms with E-state index in [1.165, 1.54) is 29.9 Å². The zero-order valence-electron chi connectivity index (χ0n) is 19.5. The molecule has 0 unspecified atom stereocenters. The van der Waals surface area contributed by atoms with Crippen LogP contribution in [0.15, 0.2) is 48.5 Å². The van der Waals surface area contributed by atoms with Crippen molar-refractivity contribution in [1.82, 2.24) is 9.88 Å². The topological polar surface area (TPSA) is 121 Å². The summed E-state index contributed by atoms with van der Waals surface area (Å²) in [5.74, 6) is -0.0202. The molecule has 3 heterocycles. The molecule has 36 heavy (non-hydrogen) atoms. The van der Waals surface area contributed by atoms with Crippen molar-refractivity contribution in [3.05, 3.63) is 59.0 Å². The summed E-state index contributed by atoms with van der Waals surface area (Å²) in [7, 11) is 0. The Balaban J connectivity index is 0.00000304. The molecule has 2 aliphatic rings. The van der Waals surface area contributed by atoms with Crippen LogP contribution in [0.3, 0.4) is 0 Å². The third kappa shape index (κ3) is 5.85. The van der Waals surface area contributed by atoms with Crippen molar-refractivity contribution in [3.8, 4) is 0 Å². The monoisotopic (exact) mass is 511 g/mol. The zero-order chi connectivity index (χ0) is 24.2. The number of benzene rings is 2. The molecule has 0 amide bonds. The molecule has 0 saturated carbocycles. The Morgan fingerprint density at radius 3 is 2.53 bits per heavy atom. The first-order chi connectivity index (χ1) is 17.1. The fourth-order valence-electron chi connectivity index (χ4n) is 4.75. The number of carbonyl (C=O) groups is 1. The molecule has 0 aliphatic carbocycles. The standard InChI is InChI=1S/C25H30N6O3S.CH4/c26-24-23(22(32)17-2-1-3-19(16-17)29-33)35-25(28-24)27-18-4-6-20(7-5-18)30-10-8-21(9-11-30)31-12-14-34-15-13-31;/h1-7,16,21,29,33H,8-15,26H2,(H,27,28);1H4/p+1. The zero-order valence-corrected chi connectivity index (χ0v) is 20.3. The third-order valence-electron chi connectivity index (χ3n) is 6.67. The first-order valence-corrected chi connectivity index (χ1v) is 12.7. The molecule has 10 heteroatoms. The van der Waals surface area contributed by atoms with Crippen molar-refractivity contribution in [2.75, 3.05) is 55.3 Å². The Hall–Kier alpha value is -3.02. The van der Waals surface area contributed by atoms with Crippen LogP contribution in [0.25, 0.3) is 0 Å². The number of ether oxygens (including phenoxy) is 1. The van der Waals surface area contributed by atoms with Crippen LogP contribution >= 0.6 is 11.3 Å². The van der Waals surface area contributed by atoms with Crippen molar-refractivity contribution in [3.63, 3.8) is 0 Å². The number of thiazole rings is 1. The number of aromatic nitrogens is 1. The molecule has 2 fully saturated rings. The molecular weight excluding hydrogens is 476 g/mol.